The van der Waals surface area contributed by atoms with E-state index in [-0.39, 0.29) is 23.5 Å². The molecule has 3 rings (SSSR count). The molecule has 1 aromatic carbocycles. The minimum absolute atomic E-state index is 0.00783. The highest BCUT2D eigenvalue weighted by atomic mass is 32.2. The monoisotopic (exact) mass is 306 g/mol. The first kappa shape index (κ1) is 14.7. The molecule has 0 aliphatic carbocycles. The zero-order valence-corrected chi connectivity index (χ0v) is 13.2. The van der Waals surface area contributed by atoms with Gasteiger partial charge < -0.3 is 5.32 Å². The second-order valence-electron chi connectivity index (χ2n) is 5.55. The molecule has 6 heteroatoms. The van der Waals surface area contributed by atoms with Crippen molar-refractivity contribution < 1.29 is 4.79 Å². The molecule has 1 aromatic rings. The summed E-state index contributed by atoms with van der Waals surface area (Å²) in [6, 6.07) is 8.37. The summed E-state index contributed by atoms with van der Waals surface area (Å²) in [4.78, 5) is 12.2. The summed E-state index contributed by atoms with van der Waals surface area (Å²) in [6.45, 7) is 4.90. The number of amides is 1. The van der Waals surface area contributed by atoms with Gasteiger partial charge in [0.25, 0.3) is 0 Å². The second kappa shape index (κ2) is 6.25. The van der Waals surface area contributed by atoms with E-state index in [4.69, 9.17) is 0 Å². The van der Waals surface area contributed by atoms with Gasteiger partial charge in [-0.25, -0.2) is 5.43 Å². The molecule has 0 spiro atoms. The van der Waals surface area contributed by atoms with Gasteiger partial charge in [0.2, 0.25) is 5.91 Å². The molecule has 0 saturated carbocycles. The van der Waals surface area contributed by atoms with Gasteiger partial charge in [0.1, 0.15) is 11.7 Å². The van der Waals surface area contributed by atoms with Gasteiger partial charge in [-0.05, 0) is 31.2 Å². The predicted octanol–water partition coefficient (Wildman–Crippen LogP) is 1.41. The lowest BCUT2D eigenvalue weighted by molar-refractivity contribution is -0.127. The molecule has 2 fully saturated rings. The molecule has 2 aliphatic rings. The van der Waals surface area contributed by atoms with E-state index in [0.29, 0.717) is 6.54 Å². The molecule has 3 N–H and O–H groups in total. The first-order valence-electron chi connectivity index (χ1n) is 7.46. The van der Waals surface area contributed by atoms with Crippen molar-refractivity contribution in [1.82, 2.24) is 16.1 Å². The molecule has 2 saturated heterocycles. The summed E-state index contributed by atoms with van der Waals surface area (Å²) in [6.07, 6.45) is 1.11. The first-order chi connectivity index (χ1) is 10.2. The Morgan fingerprint density at radius 2 is 2.10 bits per heavy atom. The Morgan fingerprint density at radius 3 is 2.81 bits per heavy atom. The number of hydrogen-bond donors (Lipinski definition) is 3. The first-order valence-corrected chi connectivity index (χ1v) is 8.51. The fourth-order valence-electron chi connectivity index (χ4n) is 2.73. The number of carbonyl (C=O) groups excluding carboxylic acids is 1. The van der Waals surface area contributed by atoms with E-state index in [2.05, 4.69) is 59.2 Å². The number of hydrazine groups is 1. The molecular formula is C15H22N4OS. The van der Waals surface area contributed by atoms with Gasteiger partial charge in [0.05, 0.1) is 11.6 Å². The molecule has 1 amide bonds. The number of benzene rings is 1. The standard InChI is InChI=1S/C15H22N4OS/c1-3-8-21-15-17-13-12(14(20)18-15)9-16-19(13)11-6-4-10(2)5-7-11/h4-7,12-13,15-17H,3,8-9H2,1-2H3,(H,18,20). The predicted molar refractivity (Wildman–Crippen MR) is 86.8 cm³/mol. The molecule has 21 heavy (non-hydrogen) atoms. The number of nitrogens with one attached hydrogen (secondary N) is 3. The van der Waals surface area contributed by atoms with Crippen molar-refractivity contribution in [1.29, 1.82) is 0 Å². The third-order valence-corrected chi connectivity index (χ3v) is 5.11. The highest BCUT2D eigenvalue weighted by Crippen LogP contribution is 2.27. The van der Waals surface area contributed by atoms with E-state index in [1.807, 2.05) is 0 Å². The van der Waals surface area contributed by atoms with E-state index in [0.717, 1.165) is 17.9 Å². The zero-order chi connectivity index (χ0) is 14.8. The van der Waals surface area contributed by atoms with E-state index in [1.165, 1.54) is 5.56 Å². The van der Waals surface area contributed by atoms with Crippen LogP contribution in [0, 0.1) is 12.8 Å². The smallest absolute Gasteiger partial charge is 0.229 e. The SMILES string of the molecule is CCCSC1NC(=O)C2CNN(c3ccc(C)cc3)C2N1. The Labute approximate surface area is 129 Å². The van der Waals surface area contributed by atoms with Crippen LogP contribution in [0.2, 0.25) is 0 Å². The Morgan fingerprint density at radius 1 is 1.33 bits per heavy atom. The zero-order valence-electron chi connectivity index (χ0n) is 12.4. The quantitative estimate of drug-likeness (QED) is 0.785. The minimum atomic E-state index is -0.0511. The molecule has 5 nitrogen and oxygen atoms in total. The fourth-order valence-corrected chi connectivity index (χ4v) is 3.64. The third-order valence-electron chi connectivity index (χ3n) is 3.87. The molecule has 114 valence electrons. The topological polar surface area (TPSA) is 56.4 Å². The summed E-state index contributed by atoms with van der Waals surface area (Å²) in [5.74, 6) is 1.12. The van der Waals surface area contributed by atoms with Gasteiger partial charge in [0, 0.05) is 6.54 Å². The molecule has 0 bridgehead atoms. The Hall–Kier alpha value is -1.24. The average Bonchev–Trinajstić information content (AvgIpc) is 2.90. The molecule has 0 radical (unpaired) electrons. The largest absolute Gasteiger partial charge is 0.331 e. The van der Waals surface area contributed by atoms with Crippen molar-refractivity contribution in [3.05, 3.63) is 29.8 Å². The van der Waals surface area contributed by atoms with Gasteiger partial charge in [0.15, 0.2) is 0 Å². The van der Waals surface area contributed by atoms with E-state index in [1.54, 1.807) is 11.8 Å². The van der Waals surface area contributed by atoms with E-state index in [9.17, 15) is 4.79 Å². The number of thioether (sulfide) groups is 1. The van der Waals surface area contributed by atoms with Crippen LogP contribution in [0.4, 0.5) is 5.69 Å². The maximum atomic E-state index is 12.2. The molecule has 2 aliphatic heterocycles. The summed E-state index contributed by atoms with van der Waals surface area (Å²) in [5, 5.41) is 8.67. The van der Waals surface area contributed by atoms with Gasteiger partial charge >= 0.3 is 0 Å². The maximum Gasteiger partial charge on any atom is 0.229 e. The van der Waals surface area contributed by atoms with Gasteiger partial charge in [-0.3, -0.25) is 15.1 Å². The number of hydrogen-bond acceptors (Lipinski definition) is 5. The van der Waals surface area contributed by atoms with Crippen molar-refractivity contribution in [3.8, 4) is 0 Å². The second-order valence-corrected chi connectivity index (χ2v) is 6.76. The number of anilines is 1. The molecule has 0 aromatic heterocycles. The van der Waals surface area contributed by atoms with Crippen LogP contribution in [0.5, 0.6) is 0 Å². The van der Waals surface area contributed by atoms with Crippen LogP contribution in [0.3, 0.4) is 0 Å². The van der Waals surface area contributed by atoms with Crippen LogP contribution in [-0.4, -0.2) is 29.9 Å². The molecule has 3 unspecified atom stereocenters. The number of fused-ring (bicyclic) bond motifs is 1. The Bertz CT molecular complexity index is 507. The molecule has 2 heterocycles. The normalized spacial score (nSPS) is 28.4. The summed E-state index contributed by atoms with van der Waals surface area (Å²) in [5.41, 5.74) is 5.66. The highest BCUT2D eigenvalue weighted by molar-refractivity contribution is 7.99. The van der Waals surface area contributed by atoms with Crippen LogP contribution < -0.4 is 21.1 Å². The lowest BCUT2D eigenvalue weighted by Gasteiger charge is -2.37. The third kappa shape index (κ3) is 3.02. The maximum absolute atomic E-state index is 12.2. The van der Waals surface area contributed by atoms with Crippen molar-refractivity contribution in [2.75, 3.05) is 17.3 Å². The molecular weight excluding hydrogens is 284 g/mol. The van der Waals surface area contributed by atoms with Crippen LogP contribution >= 0.6 is 11.8 Å². The van der Waals surface area contributed by atoms with Crippen LogP contribution in [0.25, 0.3) is 0 Å². The Balaban J connectivity index is 1.75. The van der Waals surface area contributed by atoms with Gasteiger partial charge in [-0.2, -0.15) is 0 Å². The number of aryl methyl sites for hydroxylation is 1. The highest BCUT2D eigenvalue weighted by Gasteiger charge is 2.44. The van der Waals surface area contributed by atoms with E-state index >= 15 is 0 Å². The summed E-state index contributed by atoms with van der Waals surface area (Å²) in [7, 11) is 0. The average molecular weight is 306 g/mol. The van der Waals surface area contributed by atoms with Crippen molar-refractivity contribution in [2.24, 2.45) is 5.92 Å². The summed E-state index contributed by atoms with van der Waals surface area (Å²) >= 11 is 1.75. The summed E-state index contributed by atoms with van der Waals surface area (Å²) < 4.78 is 0. The van der Waals surface area contributed by atoms with Crippen molar-refractivity contribution in [3.63, 3.8) is 0 Å². The van der Waals surface area contributed by atoms with E-state index < -0.39 is 0 Å². The van der Waals surface area contributed by atoms with Crippen molar-refractivity contribution >= 4 is 23.4 Å². The van der Waals surface area contributed by atoms with Gasteiger partial charge in [-0.15, -0.1) is 11.8 Å². The van der Waals surface area contributed by atoms with Crippen LogP contribution in [0.15, 0.2) is 24.3 Å². The van der Waals surface area contributed by atoms with Crippen LogP contribution in [0.1, 0.15) is 18.9 Å². The van der Waals surface area contributed by atoms with Gasteiger partial charge in [-0.1, -0.05) is 24.6 Å². The molecule has 3 atom stereocenters. The van der Waals surface area contributed by atoms with Crippen LogP contribution in [-0.2, 0) is 4.79 Å². The minimum Gasteiger partial charge on any atom is -0.331 e. The Kier molecular flexibility index (Phi) is 4.37. The lowest BCUT2D eigenvalue weighted by atomic mass is 10.0. The lowest BCUT2D eigenvalue weighted by Crippen LogP contribution is -2.63. The number of rotatable bonds is 4. The number of nitrogens with zero attached hydrogens (tertiary/aromatic N) is 1. The number of carbonyl (C=O) groups is 1. The van der Waals surface area contributed by atoms with Crippen molar-refractivity contribution in [2.45, 2.75) is 31.9 Å². The fraction of sp³-hybridized carbons (Fsp3) is 0.533.